The summed E-state index contributed by atoms with van der Waals surface area (Å²) in [6.45, 7) is 0.987. The van der Waals surface area contributed by atoms with Gasteiger partial charge in [-0.2, -0.15) is 0 Å². The molecule has 1 saturated carbocycles. The minimum Gasteiger partial charge on any atom is -0.389 e. The second-order valence-corrected chi connectivity index (χ2v) is 5.36. The van der Waals surface area contributed by atoms with Crippen molar-refractivity contribution in [1.82, 2.24) is 4.90 Å². The molecule has 0 aliphatic heterocycles. The molecule has 3 heteroatoms. The molecule has 2 N–H and O–H groups in total. The van der Waals surface area contributed by atoms with E-state index in [0.29, 0.717) is 4.99 Å². The SMILES string of the molecule is CN(Cc1cccc(C(N)=S)c1)C1CCCC1. The van der Waals surface area contributed by atoms with E-state index in [4.69, 9.17) is 18.0 Å². The molecule has 0 unspecified atom stereocenters. The average Bonchev–Trinajstić information content (AvgIpc) is 2.82. The van der Waals surface area contributed by atoms with E-state index in [9.17, 15) is 0 Å². The maximum absolute atomic E-state index is 5.65. The molecule has 0 aromatic heterocycles. The molecule has 0 atom stereocenters. The van der Waals surface area contributed by atoms with Crippen molar-refractivity contribution >= 4 is 17.2 Å². The van der Waals surface area contributed by atoms with Crippen LogP contribution in [0.1, 0.15) is 36.8 Å². The van der Waals surface area contributed by atoms with Crippen LogP contribution in [0.15, 0.2) is 24.3 Å². The van der Waals surface area contributed by atoms with Crippen LogP contribution in [0.25, 0.3) is 0 Å². The van der Waals surface area contributed by atoms with Crippen LogP contribution < -0.4 is 5.73 Å². The monoisotopic (exact) mass is 248 g/mol. The van der Waals surface area contributed by atoms with Gasteiger partial charge in [0.2, 0.25) is 0 Å². The molecule has 2 rings (SSSR count). The van der Waals surface area contributed by atoms with Gasteiger partial charge in [-0.1, -0.05) is 43.3 Å². The first-order valence-corrected chi connectivity index (χ1v) is 6.66. The average molecular weight is 248 g/mol. The van der Waals surface area contributed by atoms with Gasteiger partial charge < -0.3 is 5.73 Å². The lowest BCUT2D eigenvalue weighted by molar-refractivity contribution is 0.237. The molecule has 1 aromatic rings. The fourth-order valence-electron chi connectivity index (χ4n) is 2.59. The fourth-order valence-corrected chi connectivity index (χ4v) is 2.71. The molecule has 0 saturated heterocycles. The lowest BCUT2D eigenvalue weighted by Crippen LogP contribution is -2.28. The summed E-state index contributed by atoms with van der Waals surface area (Å²) in [4.78, 5) is 2.93. The van der Waals surface area contributed by atoms with Gasteiger partial charge in [-0.25, -0.2) is 0 Å². The van der Waals surface area contributed by atoms with Gasteiger partial charge in [-0.15, -0.1) is 0 Å². The molecule has 1 fully saturated rings. The van der Waals surface area contributed by atoms with Crippen LogP contribution in [0.2, 0.25) is 0 Å². The molecule has 0 radical (unpaired) electrons. The van der Waals surface area contributed by atoms with Crippen LogP contribution in [0, 0.1) is 0 Å². The number of thiocarbonyl (C=S) groups is 1. The van der Waals surface area contributed by atoms with Crippen molar-refractivity contribution in [3.8, 4) is 0 Å². The molecule has 17 heavy (non-hydrogen) atoms. The van der Waals surface area contributed by atoms with E-state index >= 15 is 0 Å². The summed E-state index contributed by atoms with van der Waals surface area (Å²) in [5.41, 5.74) is 7.92. The van der Waals surface area contributed by atoms with Crippen molar-refractivity contribution in [3.05, 3.63) is 35.4 Å². The number of nitrogens with zero attached hydrogens (tertiary/aromatic N) is 1. The molecule has 1 aromatic carbocycles. The highest BCUT2D eigenvalue weighted by atomic mass is 32.1. The number of hydrogen-bond donors (Lipinski definition) is 1. The van der Waals surface area contributed by atoms with E-state index < -0.39 is 0 Å². The minimum absolute atomic E-state index is 0.482. The highest BCUT2D eigenvalue weighted by Crippen LogP contribution is 2.23. The predicted molar refractivity (Wildman–Crippen MR) is 76.1 cm³/mol. The van der Waals surface area contributed by atoms with Gasteiger partial charge in [-0.3, -0.25) is 4.90 Å². The summed E-state index contributed by atoms with van der Waals surface area (Å²) in [5, 5.41) is 0. The molecule has 0 bridgehead atoms. The summed E-state index contributed by atoms with van der Waals surface area (Å²) in [6, 6.07) is 9.01. The van der Waals surface area contributed by atoms with Crippen LogP contribution in [0.4, 0.5) is 0 Å². The molecule has 2 nitrogen and oxygen atoms in total. The van der Waals surface area contributed by atoms with E-state index in [2.05, 4.69) is 24.1 Å². The lowest BCUT2D eigenvalue weighted by Gasteiger charge is -2.24. The molecule has 92 valence electrons. The summed E-state index contributed by atoms with van der Waals surface area (Å²) in [7, 11) is 2.21. The van der Waals surface area contributed by atoms with Crippen LogP contribution in [-0.2, 0) is 6.54 Å². The predicted octanol–water partition coefficient (Wildman–Crippen LogP) is 2.70. The standard InChI is InChI=1S/C14H20N2S/c1-16(13-7-2-3-8-13)10-11-5-4-6-12(9-11)14(15)17/h4-6,9,13H,2-3,7-8,10H2,1H3,(H2,15,17). The molecule has 0 amide bonds. The first-order chi connectivity index (χ1) is 8.16. The second-order valence-electron chi connectivity index (χ2n) is 4.92. The third-order valence-corrected chi connectivity index (χ3v) is 3.83. The number of hydrogen-bond acceptors (Lipinski definition) is 2. The Morgan fingerprint density at radius 1 is 1.41 bits per heavy atom. The third kappa shape index (κ3) is 3.27. The molecule has 1 aliphatic rings. The van der Waals surface area contributed by atoms with Gasteiger partial charge in [0, 0.05) is 18.2 Å². The van der Waals surface area contributed by atoms with E-state index in [1.165, 1.54) is 31.2 Å². The smallest absolute Gasteiger partial charge is 0.103 e. The van der Waals surface area contributed by atoms with E-state index in [0.717, 1.165) is 18.2 Å². The topological polar surface area (TPSA) is 29.3 Å². The Labute approximate surface area is 109 Å². The van der Waals surface area contributed by atoms with Crippen molar-refractivity contribution in [3.63, 3.8) is 0 Å². The maximum Gasteiger partial charge on any atom is 0.103 e. The van der Waals surface area contributed by atoms with Gasteiger partial charge >= 0.3 is 0 Å². The van der Waals surface area contributed by atoms with Crippen LogP contribution in [-0.4, -0.2) is 23.0 Å². The number of rotatable bonds is 4. The Bertz CT molecular complexity index is 397. The summed E-state index contributed by atoms with van der Waals surface area (Å²) in [5.74, 6) is 0. The number of benzene rings is 1. The second kappa shape index (κ2) is 5.61. The highest BCUT2D eigenvalue weighted by molar-refractivity contribution is 7.80. The van der Waals surface area contributed by atoms with E-state index in [-0.39, 0.29) is 0 Å². The molecular weight excluding hydrogens is 228 g/mol. The zero-order chi connectivity index (χ0) is 12.3. The fraction of sp³-hybridized carbons (Fsp3) is 0.500. The Balaban J connectivity index is 2.02. The molecule has 0 heterocycles. The van der Waals surface area contributed by atoms with Crippen LogP contribution in [0.5, 0.6) is 0 Å². The molecule has 0 spiro atoms. The first kappa shape index (κ1) is 12.5. The molecule has 1 aliphatic carbocycles. The van der Waals surface area contributed by atoms with Crippen molar-refractivity contribution in [1.29, 1.82) is 0 Å². The van der Waals surface area contributed by atoms with Gasteiger partial charge in [-0.05, 0) is 31.5 Å². The Kier molecular flexibility index (Phi) is 4.13. The Hall–Kier alpha value is -0.930. The van der Waals surface area contributed by atoms with Crippen LogP contribution in [0.3, 0.4) is 0 Å². The van der Waals surface area contributed by atoms with Gasteiger partial charge in [0.15, 0.2) is 0 Å². The Morgan fingerprint density at radius 2 is 2.12 bits per heavy atom. The van der Waals surface area contributed by atoms with Gasteiger partial charge in [0.1, 0.15) is 4.99 Å². The largest absolute Gasteiger partial charge is 0.389 e. The minimum atomic E-state index is 0.482. The van der Waals surface area contributed by atoms with Crippen molar-refractivity contribution in [2.45, 2.75) is 38.3 Å². The van der Waals surface area contributed by atoms with Gasteiger partial charge in [0.25, 0.3) is 0 Å². The first-order valence-electron chi connectivity index (χ1n) is 6.26. The van der Waals surface area contributed by atoms with E-state index in [1.54, 1.807) is 0 Å². The van der Waals surface area contributed by atoms with Gasteiger partial charge in [0.05, 0.1) is 0 Å². The maximum atomic E-state index is 5.65. The zero-order valence-corrected chi connectivity index (χ0v) is 11.2. The lowest BCUT2D eigenvalue weighted by atomic mass is 10.1. The van der Waals surface area contributed by atoms with Crippen molar-refractivity contribution < 1.29 is 0 Å². The Morgan fingerprint density at radius 3 is 2.76 bits per heavy atom. The van der Waals surface area contributed by atoms with Crippen LogP contribution >= 0.6 is 12.2 Å². The highest BCUT2D eigenvalue weighted by Gasteiger charge is 2.19. The summed E-state index contributed by atoms with van der Waals surface area (Å²) in [6.07, 6.45) is 5.43. The zero-order valence-electron chi connectivity index (χ0n) is 10.4. The van der Waals surface area contributed by atoms with E-state index in [1.807, 2.05) is 12.1 Å². The van der Waals surface area contributed by atoms with Crippen molar-refractivity contribution in [2.75, 3.05) is 7.05 Å². The number of nitrogens with two attached hydrogens (primary N) is 1. The summed E-state index contributed by atoms with van der Waals surface area (Å²) < 4.78 is 0. The quantitative estimate of drug-likeness (QED) is 0.831. The van der Waals surface area contributed by atoms with Crippen molar-refractivity contribution in [2.24, 2.45) is 5.73 Å². The summed E-state index contributed by atoms with van der Waals surface area (Å²) >= 11 is 5.01. The third-order valence-electron chi connectivity index (χ3n) is 3.59. The normalized spacial score (nSPS) is 16.6. The molecular formula is C14H20N2S.